The Labute approximate surface area is 268 Å². The summed E-state index contributed by atoms with van der Waals surface area (Å²) in [5.41, 5.74) is 10.8. The molecule has 0 saturated carbocycles. The lowest BCUT2D eigenvalue weighted by atomic mass is 9.98. The minimum Gasteiger partial charge on any atom is -0.427 e. The molecule has 44 heavy (non-hydrogen) atoms. The van der Waals surface area contributed by atoms with E-state index in [0.717, 1.165) is 16.5 Å². The van der Waals surface area contributed by atoms with Crippen LogP contribution >= 0.6 is 46.4 Å². The molecule has 2 atom stereocenters. The lowest BCUT2D eigenvalue weighted by molar-refractivity contribution is -0.173. The molecular formula is C24H31N9O7S4. The van der Waals surface area contributed by atoms with E-state index in [2.05, 4.69) is 30.0 Å². The maximum absolute atomic E-state index is 13.5. The largest absolute Gasteiger partial charge is 0.427 e. The van der Waals surface area contributed by atoms with Crippen molar-refractivity contribution < 1.29 is 33.5 Å². The van der Waals surface area contributed by atoms with Gasteiger partial charge in [0.25, 0.3) is 11.8 Å². The monoisotopic (exact) mass is 685 g/mol. The van der Waals surface area contributed by atoms with Crippen molar-refractivity contribution in [2.45, 2.75) is 49.9 Å². The number of oxime groups is 1. The number of amides is 2. The fourth-order valence-electron chi connectivity index (χ4n) is 3.67. The zero-order chi connectivity index (χ0) is 32.0. The number of aromatic nitrogens is 4. The van der Waals surface area contributed by atoms with Gasteiger partial charge in [0.1, 0.15) is 28.7 Å². The van der Waals surface area contributed by atoms with E-state index in [4.69, 9.17) is 25.8 Å². The molecule has 0 bridgehead atoms. The van der Waals surface area contributed by atoms with Crippen molar-refractivity contribution in [2.24, 2.45) is 16.3 Å². The van der Waals surface area contributed by atoms with Gasteiger partial charge in [0.2, 0.25) is 18.3 Å². The average molecular weight is 686 g/mol. The molecule has 1 fully saturated rings. The number of anilines is 1. The summed E-state index contributed by atoms with van der Waals surface area (Å²) in [6, 6.07) is -1.00. The fraction of sp³-hybridized carbons (Fsp3) is 0.542. The van der Waals surface area contributed by atoms with E-state index in [1.807, 2.05) is 6.92 Å². The normalized spacial score (nSPS) is 18.4. The summed E-state index contributed by atoms with van der Waals surface area (Å²) in [5.74, 6) is -2.07. The molecule has 0 spiro atoms. The van der Waals surface area contributed by atoms with E-state index in [1.165, 1.54) is 39.8 Å². The van der Waals surface area contributed by atoms with Gasteiger partial charge in [-0.2, -0.15) is 9.36 Å². The summed E-state index contributed by atoms with van der Waals surface area (Å²) >= 11 is 5.01. The number of nitrogen functional groups attached to an aromatic ring is 1. The Balaban J connectivity index is 1.51. The zero-order valence-electron chi connectivity index (χ0n) is 24.2. The van der Waals surface area contributed by atoms with Crippen LogP contribution < -0.4 is 16.8 Å². The average Bonchev–Trinajstić information content (AvgIpc) is 3.60. The number of carbonyl (C=O) groups is 4. The first-order valence-corrected chi connectivity index (χ1v) is 16.8. The number of hydrogen-bond donors (Lipinski definition) is 3. The van der Waals surface area contributed by atoms with Gasteiger partial charge < -0.3 is 31.1 Å². The predicted molar refractivity (Wildman–Crippen MR) is 164 cm³/mol. The molecule has 2 aliphatic heterocycles. The first kappa shape index (κ1) is 33.6. The van der Waals surface area contributed by atoms with Crippen LogP contribution in [0.1, 0.15) is 38.0 Å². The van der Waals surface area contributed by atoms with Gasteiger partial charge in [-0.25, -0.2) is 4.79 Å². The van der Waals surface area contributed by atoms with Gasteiger partial charge in [-0.15, -0.1) is 22.0 Å². The summed E-state index contributed by atoms with van der Waals surface area (Å²) in [4.78, 5) is 62.7. The number of carbonyl (C=O) groups excluding carboxylic acids is 4. The van der Waals surface area contributed by atoms with Crippen LogP contribution in [0.3, 0.4) is 0 Å². The van der Waals surface area contributed by atoms with Crippen LogP contribution in [0.25, 0.3) is 0 Å². The van der Waals surface area contributed by atoms with E-state index < -0.39 is 47.4 Å². The van der Waals surface area contributed by atoms with Gasteiger partial charge in [0.05, 0.1) is 5.41 Å². The van der Waals surface area contributed by atoms with Crippen molar-refractivity contribution in [3.05, 3.63) is 22.1 Å². The van der Waals surface area contributed by atoms with E-state index in [0.29, 0.717) is 34.4 Å². The number of nitrogens with one attached hydrogen (secondary N) is 1. The molecule has 0 radical (unpaired) electrons. The number of esters is 2. The van der Waals surface area contributed by atoms with Crippen LogP contribution in [0.5, 0.6) is 0 Å². The lowest BCUT2D eigenvalue weighted by Crippen LogP contribution is -2.71. The number of rotatable bonds is 13. The van der Waals surface area contributed by atoms with Gasteiger partial charge >= 0.3 is 11.9 Å². The molecule has 4 heterocycles. The van der Waals surface area contributed by atoms with Crippen LogP contribution in [-0.2, 0) is 33.5 Å². The topological polar surface area (TPSA) is 227 Å². The Morgan fingerprint density at radius 3 is 2.64 bits per heavy atom. The highest BCUT2D eigenvalue weighted by atomic mass is 32.2. The minimum absolute atomic E-state index is 0.0257. The predicted octanol–water partition coefficient (Wildman–Crippen LogP) is 0.886. The van der Waals surface area contributed by atoms with Crippen LogP contribution in [-0.4, -0.2) is 96.8 Å². The van der Waals surface area contributed by atoms with Crippen LogP contribution in [0.4, 0.5) is 5.13 Å². The molecule has 2 aliphatic rings. The Hall–Kier alpha value is -3.33. The number of hydrogen-bond acceptors (Lipinski definition) is 18. The summed E-state index contributed by atoms with van der Waals surface area (Å²) in [6.45, 7) is 6.73. The fourth-order valence-corrected chi connectivity index (χ4v) is 7.41. The maximum Gasteiger partial charge on any atom is 0.357 e. The maximum atomic E-state index is 13.5. The Morgan fingerprint density at radius 2 is 2.00 bits per heavy atom. The van der Waals surface area contributed by atoms with Crippen molar-refractivity contribution in [3.8, 4) is 0 Å². The second kappa shape index (κ2) is 14.6. The van der Waals surface area contributed by atoms with Crippen molar-refractivity contribution in [1.82, 2.24) is 29.8 Å². The van der Waals surface area contributed by atoms with Gasteiger partial charge in [0, 0.05) is 23.0 Å². The molecule has 238 valence electrons. The molecule has 0 aromatic carbocycles. The third-order valence-electron chi connectivity index (χ3n) is 5.86. The first-order valence-electron chi connectivity index (χ1n) is 13.1. The number of nitrogens with zero attached hydrogens (tertiary/aromatic N) is 6. The first-order chi connectivity index (χ1) is 20.9. The number of aryl methyl sites for hydroxylation is 1. The molecule has 4 rings (SSSR count). The number of nitrogens with two attached hydrogens (primary N) is 2. The molecule has 2 amide bonds. The van der Waals surface area contributed by atoms with E-state index in [-0.39, 0.29) is 29.0 Å². The van der Waals surface area contributed by atoms with Gasteiger partial charge in [-0.05, 0) is 46.2 Å². The summed E-state index contributed by atoms with van der Waals surface area (Å²) in [7, 11) is 0. The number of ether oxygens (including phenoxy) is 2. The second-order valence-electron chi connectivity index (χ2n) is 10.3. The van der Waals surface area contributed by atoms with Crippen molar-refractivity contribution in [2.75, 3.05) is 37.2 Å². The van der Waals surface area contributed by atoms with Crippen molar-refractivity contribution >= 4 is 81.0 Å². The summed E-state index contributed by atoms with van der Waals surface area (Å²) < 4.78 is 15.1. The van der Waals surface area contributed by atoms with E-state index in [1.54, 1.807) is 20.8 Å². The van der Waals surface area contributed by atoms with Crippen molar-refractivity contribution in [1.29, 1.82) is 0 Å². The molecule has 5 N–H and O–H groups in total. The van der Waals surface area contributed by atoms with Gasteiger partial charge in [0.15, 0.2) is 9.47 Å². The summed E-state index contributed by atoms with van der Waals surface area (Å²) in [6.07, 6.45) is 0.500. The standard InChI is InChI=1S/C24H31N9O7S4/c1-11-29-30-23(43-11)42-9-12-8-41-19-14(18(35)33(19)15(12)20(36)38-10-39-21(37)24(2,3)4)27-17(34)13(31-40-7-5-6-25)16-28-22(26)44-32-16/h14,19H,5-10,25H2,1-4H3,(H,27,34)(H2,26,28,32)/t14?,19-/m1/s1. The van der Waals surface area contributed by atoms with Gasteiger partial charge in [-0.3, -0.25) is 19.3 Å². The number of fused-ring (bicyclic) bond motifs is 1. The Morgan fingerprint density at radius 1 is 1.23 bits per heavy atom. The third kappa shape index (κ3) is 8.03. The SMILES string of the molecule is Cc1nnc(SCC2=C(C(=O)OCOC(=O)C(C)(C)C)N3C(=O)C(NC(=O)C(=NOCCCN)c4nsc(N)n4)[C@H]3SC2)s1. The Bertz CT molecular complexity index is 1470. The lowest BCUT2D eigenvalue weighted by Gasteiger charge is -2.49. The molecule has 16 nitrogen and oxygen atoms in total. The van der Waals surface area contributed by atoms with Crippen LogP contribution in [0, 0.1) is 12.3 Å². The molecule has 1 saturated heterocycles. The molecule has 1 unspecified atom stereocenters. The molecule has 0 aliphatic carbocycles. The quantitative estimate of drug-likeness (QED) is 0.0506. The minimum atomic E-state index is -1.00. The number of β-lactam (4-membered cyclic amide) rings is 1. The smallest absolute Gasteiger partial charge is 0.357 e. The number of thioether (sulfide) groups is 2. The molecular weight excluding hydrogens is 655 g/mol. The van der Waals surface area contributed by atoms with Crippen molar-refractivity contribution in [3.63, 3.8) is 0 Å². The van der Waals surface area contributed by atoms with Crippen LogP contribution in [0.15, 0.2) is 20.8 Å². The summed E-state index contributed by atoms with van der Waals surface area (Å²) in [5, 5.41) is 14.9. The van der Waals surface area contributed by atoms with Gasteiger partial charge in [-0.1, -0.05) is 28.3 Å². The Kier molecular flexibility index (Phi) is 11.2. The van der Waals surface area contributed by atoms with E-state index in [9.17, 15) is 19.2 Å². The zero-order valence-corrected chi connectivity index (χ0v) is 27.5. The highest BCUT2D eigenvalue weighted by Gasteiger charge is 2.54. The highest BCUT2D eigenvalue weighted by Crippen LogP contribution is 2.42. The highest BCUT2D eigenvalue weighted by molar-refractivity contribution is 8.01. The molecule has 2 aromatic heterocycles. The van der Waals surface area contributed by atoms with E-state index >= 15 is 0 Å². The second-order valence-corrected chi connectivity index (χ2v) is 14.6. The molecule has 20 heteroatoms. The molecule has 2 aromatic rings. The third-order valence-corrected chi connectivity index (χ3v) is 9.80. The van der Waals surface area contributed by atoms with Crippen LogP contribution in [0.2, 0.25) is 0 Å².